The molecule has 0 N–H and O–H groups in total. The lowest BCUT2D eigenvalue weighted by molar-refractivity contribution is 1.02. The van der Waals surface area contributed by atoms with E-state index in [1.54, 1.807) is 0 Å². The van der Waals surface area contributed by atoms with E-state index in [0.29, 0.717) is 5.39 Å². The topological polar surface area (TPSA) is 39.3 Å². The minimum Gasteiger partial charge on any atom is -0.277 e. The average Bonchev–Trinajstić information content (AvgIpc) is 3.49. The number of aromatic nitrogens is 3. The Kier molecular flexibility index (Phi) is 5.32. The van der Waals surface area contributed by atoms with Gasteiger partial charge in [-0.25, -0.2) is 4.98 Å². The van der Waals surface area contributed by atoms with E-state index in [4.69, 9.17) is 4.98 Å². The lowest BCUT2D eigenvalue weighted by atomic mass is 9.97. The molecule has 0 aliphatic rings. The van der Waals surface area contributed by atoms with Gasteiger partial charge in [-0.1, -0.05) is 115 Å². The number of fused-ring (bicyclic) bond motifs is 10. The molecule has 4 heteroatoms. The van der Waals surface area contributed by atoms with Crippen LogP contribution in [0.5, 0.6) is 0 Å². The normalized spacial score (nSPS) is 11.7. The van der Waals surface area contributed by atoms with Crippen LogP contribution in [0.15, 0.2) is 156 Å². The van der Waals surface area contributed by atoms with Gasteiger partial charge >= 0.3 is 0 Å². The highest BCUT2D eigenvalue weighted by atomic mass is 16.1. The number of benzene rings is 6. The van der Waals surface area contributed by atoms with Crippen molar-refractivity contribution < 1.29 is 0 Å². The van der Waals surface area contributed by atoms with Crippen molar-refractivity contribution in [1.29, 1.82) is 0 Å². The Morgan fingerprint density at radius 2 is 1.00 bits per heavy atom. The first-order valence-electron chi connectivity index (χ1n) is 14.8. The van der Waals surface area contributed by atoms with Crippen LogP contribution in [0.3, 0.4) is 0 Å². The van der Waals surface area contributed by atoms with Gasteiger partial charge in [0, 0.05) is 16.2 Å². The van der Waals surface area contributed by atoms with E-state index in [-0.39, 0.29) is 5.56 Å². The molecular formula is C40H25N3O. The summed E-state index contributed by atoms with van der Waals surface area (Å²) in [7, 11) is 0. The predicted octanol–water partition coefficient (Wildman–Crippen LogP) is 9.43. The minimum atomic E-state index is -0.0633. The Bertz CT molecular complexity index is 2560. The van der Waals surface area contributed by atoms with Crippen molar-refractivity contribution in [2.75, 3.05) is 0 Å². The Labute approximate surface area is 252 Å². The van der Waals surface area contributed by atoms with Crippen molar-refractivity contribution in [3.63, 3.8) is 0 Å². The molecule has 0 unspecified atom stereocenters. The number of pyridine rings is 2. The van der Waals surface area contributed by atoms with Crippen LogP contribution in [0, 0.1) is 0 Å². The van der Waals surface area contributed by atoms with E-state index in [1.807, 2.05) is 53.1 Å². The lowest BCUT2D eigenvalue weighted by Gasteiger charge is -2.19. The highest BCUT2D eigenvalue weighted by molar-refractivity contribution is 6.22. The van der Waals surface area contributed by atoms with E-state index < -0.39 is 0 Å². The van der Waals surface area contributed by atoms with Crippen LogP contribution >= 0.6 is 0 Å². The van der Waals surface area contributed by atoms with Crippen molar-refractivity contribution >= 4 is 49.3 Å². The fraction of sp³-hybridized carbons (Fsp3) is 0. The molecule has 3 heterocycles. The van der Waals surface area contributed by atoms with E-state index in [1.165, 1.54) is 0 Å². The first-order valence-corrected chi connectivity index (χ1v) is 14.8. The highest BCUT2D eigenvalue weighted by Gasteiger charge is 2.21. The molecule has 44 heavy (non-hydrogen) atoms. The van der Waals surface area contributed by atoms with E-state index >= 15 is 0 Å². The SMILES string of the molecule is O=c1c2ccccc2c2c3ccccc3c3nc4ccccc4n3c2n1-c1cc(-c2ccccc2)cc(-c2ccccc2)c1. The summed E-state index contributed by atoms with van der Waals surface area (Å²) in [5, 5.41) is 4.76. The largest absolute Gasteiger partial charge is 0.277 e. The van der Waals surface area contributed by atoms with Gasteiger partial charge in [0.2, 0.25) is 0 Å². The maximum atomic E-state index is 14.8. The van der Waals surface area contributed by atoms with Gasteiger partial charge in [0.25, 0.3) is 5.56 Å². The van der Waals surface area contributed by atoms with E-state index in [0.717, 1.165) is 71.8 Å². The Hall–Kier alpha value is -6.00. The molecular weight excluding hydrogens is 538 g/mol. The van der Waals surface area contributed by atoms with Gasteiger partial charge in [0.05, 0.1) is 16.7 Å². The molecule has 0 saturated heterocycles. The molecule has 0 atom stereocenters. The molecule has 3 aromatic heterocycles. The highest BCUT2D eigenvalue weighted by Crippen LogP contribution is 2.37. The summed E-state index contributed by atoms with van der Waals surface area (Å²) in [6.45, 7) is 0. The second-order valence-electron chi connectivity index (χ2n) is 11.2. The molecule has 0 amide bonds. The van der Waals surface area contributed by atoms with Gasteiger partial charge < -0.3 is 0 Å². The molecule has 0 aliphatic heterocycles. The summed E-state index contributed by atoms with van der Waals surface area (Å²) >= 11 is 0. The van der Waals surface area contributed by atoms with E-state index in [2.05, 4.69) is 108 Å². The number of hydrogen-bond donors (Lipinski definition) is 0. The van der Waals surface area contributed by atoms with E-state index in [9.17, 15) is 4.79 Å². The number of rotatable bonds is 3. The third kappa shape index (κ3) is 3.58. The van der Waals surface area contributed by atoms with Crippen molar-refractivity contribution in [3.05, 3.63) is 162 Å². The van der Waals surface area contributed by atoms with Gasteiger partial charge in [0.15, 0.2) is 0 Å². The Balaban J connectivity index is 1.55. The number of nitrogens with zero attached hydrogens (tertiary/aromatic N) is 3. The Morgan fingerprint density at radius 3 is 1.66 bits per heavy atom. The second kappa shape index (κ2) is 9.51. The van der Waals surface area contributed by atoms with Crippen molar-refractivity contribution in [2.24, 2.45) is 0 Å². The first-order chi connectivity index (χ1) is 21.8. The fourth-order valence-corrected chi connectivity index (χ4v) is 6.71. The summed E-state index contributed by atoms with van der Waals surface area (Å²) in [4.78, 5) is 19.9. The molecule has 206 valence electrons. The number of imidazole rings is 1. The molecule has 0 fully saturated rings. The smallest absolute Gasteiger partial charge is 0.264 e. The average molecular weight is 564 g/mol. The molecule has 0 saturated carbocycles. The first kappa shape index (κ1) is 24.6. The zero-order valence-corrected chi connectivity index (χ0v) is 23.7. The van der Waals surface area contributed by atoms with Crippen LogP contribution in [0.2, 0.25) is 0 Å². The zero-order valence-electron chi connectivity index (χ0n) is 23.7. The number of hydrogen-bond acceptors (Lipinski definition) is 2. The molecule has 6 aromatic carbocycles. The van der Waals surface area contributed by atoms with Crippen LogP contribution in [0.1, 0.15) is 0 Å². The maximum absolute atomic E-state index is 14.8. The third-order valence-corrected chi connectivity index (χ3v) is 8.67. The molecule has 9 aromatic rings. The number of para-hydroxylation sites is 2. The fourth-order valence-electron chi connectivity index (χ4n) is 6.71. The second-order valence-corrected chi connectivity index (χ2v) is 11.2. The van der Waals surface area contributed by atoms with Crippen LogP contribution in [-0.2, 0) is 0 Å². The minimum absolute atomic E-state index is 0.0633. The summed E-state index contributed by atoms with van der Waals surface area (Å²) in [5.74, 6) is 0. The standard InChI is InChI=1S/C40H25N3O/c44-40-34-20-10-8-18-32(34)37-31-17-7-9-19-33(31)38-41-35-21-11-12-22-36(35)43(38)39(37)42(40)30-24-28(26-13-3-1-4-14-26)23-29(25-30)27-15-5-2-6-16-27/h1-25H. The lowest BCUT2D eigenvalue weighted by Crippen LogP contribution is -2.21. The summed E-state index contributed by atoms with van der Waals surface area (Å²) in [6.07, 6.45) is 0. The maximum Gasteiger partial charge on any atom is 0.264 e. The molecule has 9 rings (SSSR count). The van der Waals surface area contributed by atoms with Crippen LogP contribution in [0.4, 0.5) is 0 Å². The monoisotopic (exact) mass is 563 g/mol. The molecule has 0 spiro atoms. The van der Waals surface area contributed by atoms with Gasteiger partial charge in [-0.2, -0.15) is 0 Å². The zero-order chi connectivity index (χ0) is 29.2. The van der Waals surface area contributed by atoms with Crippen molar-refractivity contribution in [1.82, 2.24) is 14.0 Å². The van der Waals surface area contributed by atoms with Gasteiger partial charge in [0.1, 0.15) is 11.3 Å². The summed E-state index contributed by atoms with van der Waals surface area (Å²) in [5.41, 5.74) is 8.50. The van der Waals surface area contributed by atoms with Crippen LogP contribution < -0.4 is 5.56 Å². The molecule has 0 radical (unpaired) electrons. The Morgan fingerprint density at radius 1 is 0.477 bits per heavy atom. The third-order valence-electron chi connectivity index (χ3n) is 8.67. The summed E-state index contributed by atoms with van der Waals surface area (Å²) in [6, 6.07) is 51.7. The molecule has 4 nitrogen and oxygen atoms in total. The van der Waals surface area contributed by atoms with Gasteiger partial charge in [-0.15, -0.1) is 0 Å². The van der Waals surface area contributed by atoms with Crippen molar-refractivity contribution in [3.8, 4) is 27.9 Å². The van der Waals surface area contributed by atoms with Gasteiger partial charge in [-0.05, 0) is 69.4 Å². The van der Waals surface area contributed by atoms with Crippen molar-refractivity contribution in [2.45, 2.75) is 0 Å². The predicted molar refractivity (Wildman–Crippen MR) is 182 cm³/mol. The van der Waals surface area contributed by atoms with Gasteiger partial charge in [-0.3, -0.25) is 13.8 Å². The molecule has 0 aliphatic carbocycles. The van der Waals surface area contributed by atoms with Crippen LogP contribution in [-0.4, -0.2) is 14.0 Å². The molecule has 0 bridgehead atoms. The summed E-state index contributed by atoms with van der Waals surface area (Å²) < 4.78 is 4.09. The quantitative estimate of drug-likeness (QED) is 0.201. The van der Waals surface area contributed by atoms with Crippen LogP contribution in [0.25, 0.3) is 77.2 Å².